The van der Waals surface area contributed by atoms with Crippen LogP contribution >= 0.6 is 0 Å². The first-order valence-electron chi connectivity index (χ1n) is 7.50. The Labute approximate surface area is 124 Å². The Morgan fingerprint density at radius 3 is 3.14 bits per heavy atom. The Morgan fingerprint density at radius 1 is 1.48 bits per heavy atom. The normalized spacial score (nSPS) is 24.0. The number of ether oxygens (including phenoxy) is 1. The first-order valence-corrected chi connectivity index (χ1v) is 7.50. The number of hydrogen-bond donors (Lipinski definition) is 1. The second-order valence-electron chi connectivity index (χ2n) is 5.92. The third kappa shape index (κ3) is 2.97. The van der Waals surface area contributed by atoms with Gasteiger partial charge in [-0.2, -0.15) is 0 Å². The molecule has 0 radical (unpaired) electrons. The maximum absolute atomic E-state index is 12.2. The second-order valence-corrected chi connectivity index (χ2v) is 5.92. The first-order chi connectivity index (χ1) is 10.2. The molecule has 0 bridgehead atoms. The van der Waals surface area contributed by atoms with Crippen LogP contribution in [0.1, 0.15) is 42.5 Å². The molecule has 1 aromatic rings. The lowest BCUT2D eigenvalue weighted by Gasteiger charge is -2.17. The monoisotopic (exact) mass is 287 g/mol. The van der Waals surface area contributed by atoms with Gasteiger partial charge in [-0.1, -0.05) is 6.42 Å². The summed E-state index contributed by atoms with van der Waals surface area (Å²) in [5, 5.41) is 0. The number of methoxy groups -OCH3 is 1. The highest BCUT2D eigenvalue weighted by atomic mass is 16.5. The van der Waals surface area contributed by atoms with Crippen LogP contribution in [-0.4, -0.2) is 29.8 Å². The van der Waals surface area contributed by atoms with E-state index >= 15 is 0 Å². The molecule has 1 fully saturated rings. The number of aliphatic imine (C=N–C) groups is 1. The number of pyridine rings is 1. The van der Waals surface area contributed by atoms with Gasteiger partial charge in [-0.05, 0) is 30.4 Å². The van der Waals surface area contributed by atoms with E-state index in [2.05, 4.69) is 9.98 Å². The number of fused-ring (bicyclic) bond motifs is 1. The molecule has 2 atom stereocenters. The maximum Gasteiger partial charge on any atom is 0.139 e. The van der Waals surface area contributed by atoms with Crippen molar-refractivity contribution in [3.8, 4) is 0 Å². The average Bonchev–Trinajstić information content (AvgIpc) is 3.05. The lowest BCUT2D eigenvalue weighted by atomic mass is 9.96. The summed E-state index contributed by atoms with van der Waals surface area (Å²) >= 11 is 0. The van der Waals surface area contributed by atoms with Crippen LogP contribution in [-0.2, 0) is 22.5 Å². The van der Waals surface area contributed by atoms with E-state index in [4.69, 9.17) is 10.5 Å². The molecule has 0 amide bonds. The molecule has 2 heterocycles. The SMILES string of the molecule is CO[C@@H]1CCC[C@H]1CC(=O)Cc1cc2c(cn1)C(N)=NC2. The Bertz CT molecular complexity index is 583. The van der Waals surface area contributed by atoms with Crippen molar-refractivity contribution in [1.29, 1.82) is 0 Å². The van der Waals surface area contributed by atoms with Gasteiger partial charge in [0, 0.05) is 37.4 Å². The third-order valence-corrected chi connectivity index (χ3v) is 4.50. The zero-order valence-corrected chi connectivity index (χ0v) is 12.3. The van der Waals surface area contributed by atoms with Crippen LogP contribution in [0.5, 0.6) is 0 Å². The summed E-state index contributed by atoms with van der Waals surface area (Å²) in [5.74, 6) is 1.16. The van der Waals surface area contributed by atoms with Gasteiger partial charge in [0.05, 0.1) is 12.6 Å². The summed E-state index contributed by atoms with van der Waals surface area (Å²) < 4.78 is 5.45. The quantitative estimate of drug-likeness (QED) is 0.892. The standard InChI is InChI=1S/C16H21N3O2/c1-21-15-4-2-3-10(15)6-13(20)7-12-5-11-8-19-16(17)14(11)9-18-12/h5,9-10,15H,2-4,6-8H2,1H3,(H2,17,19)/t10-,15+/m0/s1. The molecule has 3 rings (SSSR count). The number of hydrogen-bond acceptors (Lipinski definition) is 5. The molecular formula is C16H21N3O2. The highest BCUT2D eigenvalue weighted by Crippen LogP contribution is 2.31. The lowest BCUT2D eigenvalue weighted by Crippen LogP contribution is -2.20. The van der Waals surface area contributed by atoms with Crippen molar-refractivity contribution >= 4 is 11.6 Å². The minimum Gasteiger partial charge on any atom is -0.383 e. The molecule has 1 saturated carbocycles. The highest BCUT2D eigenvalue weighted by molar-refractivity contribution is 6.00. The molecule has 0 aromatic carbocycles. The number of amidine groups is 1. The molecule has 112 valence electrons. The van der Waals surface area contributed by atoms with Crippen molar-refractivity contribution in [2.75, 3.05) is 7.11 Å². The topological polar surface area (TPSA) is 77.6 Å². The van der Waals surface area contributed by atoms with Gasteiger partial charge >= 0.3 is 0 Å². The number of nitrogens with zero attached hydrogens (tertiary/aromatic N) is 2. The average molecular weight is 287 g/mol. The molecular weight excluding hydrogens is 266 g/mol. The summed E-state index contributed by atoms with van der Waals surface area (Å²) in [6, 6.07) is 1.96. The van der Waals surface area contributed by atoms with Gasteiger partial charge in [-0.3, -0.25) is 14.8 Å². The van der Waals surface area contributed by atoms with Crippen LogP contribution in [0, 0.1) is 5.92 Å². The molecule has 0 spiro atoms. The fraction of sp³-hybridized carbons (Fsp3) is 0.562. The van der Waals surface area contributed by atoms with Gasteiger partial charge < -0.3 is 10.5 Å². The van der Waals surface area contributed by atoms with E-state index in [-0.39, 0.29) is 11.9 Å². The zero-order valence-electron chi connectivity index (χ0n) is 12.3. The fourth-order valence-corrected chi connectivity index (χ4v) is 3.37. The zero-order chi connectivity index (χ0) is 14.8. The van der Waals surface area contributed by atoms with Crippen molar-refractivity contribution in [1.82, 2.24) is 4.98 Å². The molecule has 2 aliphatic rings. The predicted octanol–water partition coefficient (Wildman–Crippen LogP) is 1.62. The first kappa shape index (κ1) is 14.2. The van der Waals surface area contributed by atoms with Crippen molar-refractivity contribution in [3.63, 3.8) is 0 Å². The van der Waals surface area contributed by atoms with Crippen molar-refractivity contribution in [2.24, 2.45) is 16.6 Å². The van der Waals surface area contributed by atoms with E-state index in [9.17, 15) is 4.79 Å². The Balaban J connectivity index is 1.61. The minimum atomic E-state index is 0.239. The minimum absolute atomic E-state index is 0.239. The van der Waals surface area contributed by atoms with E-state index < -0.39 is 0 Å². The Kier molecular flexibility index (Phi) is 4.01. The van der Waals surface area contributed by atoms with Gasteiger partial charge in [0.2, 0.25) is 0 Å². The van der Waals surface area contributed by atoms with Crippen molar-refractivity contribution in [3.05, 3.63) is 29.1 Å². The molecule has 0 unspecified atom stereocenters. The number of ketones is 1. The smallest absolute Gasteiger partial charge is 0.139 e. The van der Waals surface area contributed by atoms with E-state index in [1.807, 2.05) is 6.07 Å². The van der Waals surface area contributed by atoms with Crippen LogP contribution < -0.4 is 5.73 Å². The van der Waals surface area contributed by atoms with Crippen LogP contribution in [0.25, 0.3) is 0 Å². The van der Waals surface area contributed by atoms with Gasteiger partial charge in [0.25, 0.3) is 0 Å². The number of carbonyl (C=O) groups excluding carboxylic acids is 1. The van der Waals surface area contributed by atoms with Crippen LogP contribution in [0.2, 0.25) is 0 Å². The summed E-state index contributed by atoms with van der Waals surface area (Å²) in [5.41, 5.74) is 8.56. The molecule has 1 aliphatic carbocycles. The summed E-state index contributed by atoms with van der Waals surface area (Å²) in [7, 11) is 1.74. The Hall–Kier alpha value is -1.75. The molecule has 1 aliphatic heterocycles. The van der Waals surface area contributed by atoms with Gasteiger partial charge in [0.15, 0.2) is 0 Å². The van der Waals surface area contributed by atoms with Gasteiger partial charge in [0.1, 0.15) is 11.6 Å². The van der Waals surface area contributed by atoms with E-state index in [1.54, 1.807) is 13.3 Å². The second kappa shape index (κ2) is 5.93. The maximum atomic E-state index is 12.2. The molecule has 21 heavy (non-hydrogen) atoms. The highest BCUT2D eigenvalue weighted by Gasteiger charge is 2.29. The Morgan fingerprint density at radius 2 is 2.33 bits per heavy atom. The molecule has 5 nitrogen and oxygen atoms in total. The number of Topliss-reactive ketones (excluding diaryl/α,β-unsaturated/α-hetero) is 1. The number of aromatic nitrogens is 1. The largest absolute Gasteiger partial charge is 0.383 e. The van der Waals surface area contributed by atoms with Crippen LogP contribution in [0.15, 0.2) is 17.3 Å². The molecule has 1 aromatic heterocycles. The third-order valence-electron chi connectivity index (χ3n) is 4.50. The molecule has 5 heteroatoms. The summed E-state index contributed by atoms with van der Waals surface area (Å²) in [4.78, 5) is 20.8. The molecule has 0 saturated heterocycles. The molecule has 2 N–H and O–H groups in total. The number of carbonyl (C=O) groups is 1. The van der Waals surface area contributed by atoms with E-state index in [0.717, 1.165) is 36.1 Å². The number of rotatable bonds is 5. The van der Waals surface area contributed by atoms with Crippen LogP contribution in [0.4, 0.5) is 0 Å². The van der Waals surface area contributed by atoms with Crippen LogP contribution in [0.3, 0.4) is 0 Å². The van der Waals surface area contributed by atoms with Gasteiger partial charge in [-0.25, -0.2) is 0 Å². The predicted molar refractivity (Wildman–Crippen MR) is 80.1 cm³/mol. The van der Waals surface area contributed by atoms with Gasteiger partial charge in [-0.15, -0.1) is 0 Å². The fourth-order valence-electron chi connectivity index (χ4n) is 3.37. The van der Waals surface area contributed by atoms with E-state index in [0.29, 0.717) is 31.1 Å². The van der Waals surface area contributed by atoms with Crippen molar-refractivity contribution in [2.45, 2.75) is 44.8 Å². The van der Waals surface area contributed by atoms with E-state index in [1.165, 1.54) is 0 Å². The summed E-state index contributed by atoms with van der Waals surface area (Å²) in [6.07, 6.45) is 6.28. The summed E-state index contributed by atoms with van der Waals surface area (Å²) in [6.45, 7) is 0.596. The number of nitrogens with two attached hydrogens (primary N) is 1. The van der Waals surface area contributed by atoms with Crippen molar-refractivity contribution < 1.29 is 9.53 Å². The lowest BCUT2D eigenvalue weighted by molar-refractivity contribution is -0.120.